The summed E-state index contributed by atoms with van der Waals surface area (Å²) in [7, 11) is -8.91. The summed E-state index contributed by atoms with van der Waals surface area (Å²) in [5.74, 6) is -18.0. The maximum Gasteiger partial charge on any atom is 0.435 e. The van der Waals surface area contributed by atoms with E-state index < -0.39 is 173 Å². The van der Waals surface area contributed by atoms with Crippen molar-refractivity contribution in [2.45, 2.75) is 107 Å². The van der Waals surface area contributed by atoms with Crippen LogP contribution in [0.4, 0.5) is 49.7 Å². The van der Waals surface area contributed by atoms with Crippen LogP contribution in [0, 0.1) is 24.5 Å². The molecule has 0 aliphatic heterocycles. The number of carbonyl (C=O) groups excluding carboxylic acids is 3. The molecular formula is C50H48F10N8O11S2. The Bertz CT molecular complexity index is 3700. The van der Waals surface area contributed by atoms with Crippen LogP contribution < -0.4 is 14.9 Å². The third kappa shape index (κ3) is 12.6. The molecule has 7 rings (SSSR count). The smallest absolute Gasteiger partial charge is 0.435 e. The molecule has 0 saturated heterocycles. The number of carbonyl (C=O) groups is 5. The highest BCUT2D eigenvalue weighted by Gasteiger charge is 2.63. The van der Waals surface area contributed by atoms with Gasteiger partial charge in [0.1, 0.15) is 36.5 Å². The van der Waals surface area contributed by atoms with Crippen LogP contribution in [0.5, 0.6) is 0 Å². The average molecular weight is 1190 g/mol. The zero-order valence-electron chi connectivity index (χ0n) is 43.2. The molecular weight excluding hydrogens is 1140 g/mol. The highest BCUT2D eigenvalue weighted by atomic mass is 32.2. The summed E-state index contributed by atoms with van der Waals surface area (Å²) in [4.78, 5) is 68.3. The number of fused-ring (bicyclic) bond motifs is 4. The Morgan fingerprint density at radius 1 is 0.877 bits per heavy atom. The number of halogens is 10. The van der Waals surface area contributed by atoms with Crippen molar-refractivity contribution in [2.24, 2.45) is 5.92 Å². The van der Waals surface area contributed by atoms with Gasteiger partial charge in [-0.05, 0) is 88.3 Å². The van der Waals surface area contributed by atoms with Gasteiger partial charge in [0.15, 0.2) is 21.3 Å². The summed E-state index contributed by atoms with van der Waals surface area (Å²) in [5, 5.41) is 29.5. The maximum absolute atomic E-state index is 15.9. The Hall–Kier alpha value is -7.70. The van der Waals surface area contributed by atoms with Gasteiger partial charge in [0.05, 0.1) is 40.4 Å². The van der Waals surface area contributed by atoms with Crippen molar-refractivity contribution in [1.29, 1.82) is 0 Å². The minimum Gasteiger partial charge on any atom is -0.481 e. The van der Waals surface area contributed by atoms with Crippen molar-refractivity contribution in [3.05, 3.63) is 111 Å². The number of sulfone groups is 1. The van der Waals surface area contributed by atoms with E-state index >= 15 is 8.78 Å². The SMILES string of the molecule is CC(=Cc1ccc(-c2ccc(C)c3c(N(C(=O)/C=C/C(=O)N[C@@H](CC(=O)O)C(=O)O)S(C)(=O)=O)nn(CC(F)(F)F)c23)c([C@H](Cc2cc(F)cc(F)c2)NC(=O)Cn2nc(C(F)(F)F)c3c2C(F)(F)[C@@H]2CC[C@H]32)n1)C(C)(C)S(C)(=O)=O. The third-order valence-electron chi connectivity index (χ3n) is 14.0. The number of rotatable bonds is 19. The van der Waals surface area contributed by atoms with Gasteiger partial charge in [-0.3, -0.25) is 33.5 Å². The van der Waals surface area contributed by atoms with Gasteiger partial charge >= 0.3 is 24.3 Å². The summed E-state index contributed by atoms with van der Waals surface area (Å²) in [6.45, 7) is 1.94. The fourth-order valence-corrected chi connectivity index (χ4v) is 11.1. The molecule has 1 fully saturated rings. The van der Waals surface area contributed by atoms with Gasteiger partial charge < -0.3 is 20.8 Å². The van der Waals surface area contributed by atoms with E-state index in [-0.39, 0.29) is 66.1 Å². The van der Waals surface area contributed by atoms with E-state index in [1.807, 2.05) is 0 Å². The van der Waals surface area contributed by atoms with Crippen molar-refractivity contribution in [1.82, 2.24) is 35.2 Å². The van der Waals surface area contributed by atoms with Gasteiger partial charge in [-0.2, -0.15) is 49.6 Å². The summed E-state index contributed by atoms with van der Waals surface area (Å²) >= 11 is 0. The number of pyridine rings is 1. The Balaban J connectivity index is 1.47. The van der Waals surface area contributed by atoms with Gasteiger partial charge in [0.25, 0.3) is 11.8 Å². The molecule has 3 amide bonds. The lowest BCUT2D eigenvalue weighted by atomic mass is 9.73. The third-order valence-corrected chi connectivity index (χ3v) is 17.2. The van der Waals surface area contributed by atoms with Crippen molar-refractivity contribution in [2.75, 3.05) is 16.8 Å². The zero-order chi connectivity index (χ0) is 60.4. The number of carboxylic acid groups (broad SMARTS) is 2. The van der Waals surface area contributed by atoms with Crippen molar-refractivity contribution in [3.63, 3.8) is 0 Å². The lowest BCUT2D eigenvalue weighted by Crippen LogP contribution is -2.41. The summed E-state index contributed by atoms with van der Waals surface area (Å²) in [6.07, 6.45) is -9.36. The molecule has 2 aliphatic rings. The van der Waals surface area contributed by atoms with Gasteiger partial charge in [-0.25, -0.2) is 30.4 Å². The van der Waals surface area contributed by atoms with Crippen LogP contribution in [-0.4, -0.2) is 111 Å². The number of nitrogens with one attached hydrogen (secondary N) is 2. The number of alkyl halides is 8. The minimum atomic E-state index is -5.26. The number of hydrogen-bond acceptors (Lipinski definition) is 12. The second kappa shape index (κ2) is 21.6. The quantitative estimate of drug-likeness (QED) is 0.0468. The number of amides is 3. The first-order valence-electron chi connectivity index (χ1n) is 24.0. The Morgan fingerprint density at radius 2 is 1.51 bits per heavy atom. The summed E-state index contributed by atoms with van der Waals surface area (Å²) in [6, 6.07) is 2.94. The fraction of sp³-hybridized carbons (Fsp3) is 0.400. The van der Waals surface area contributed by atoms with Gasteiger partial charge in [-0.15, -0.1) is 0 Å². The lowest BCUT2D eigenvalue weighted by molar-refractivity contribution is -0.146. The molecule has 2 aliphatic carbocycles. The molecule has 2 aromatic carbocycles. The van der Waals surface area contributed by atoms with Crippen LogP contribution in [0.15, 0.2) is 60.2 Å². The van der Waals surface area contributed by atoms with Crippen molar-refractivity contribution in [3.8, 4) is 11.1 Å². The van der Waals surface area contributed by atoms with Crippen LogP contribution in [0.2, 0.25) is 0 Å². The standard InChI is InChI=1S/C50H48F10N8O11S2/c1-23-7-9-30(42-39(23)45(65-67(42)22-48(53,54)55)68(81(6,78)79)37(71)14-13-35(69)63-34(46(74)75)20-38(72)73)29-10-8-28(15-24(2)47(3,4)80(5,76)77)61-41(29)33(18-25-16-26(51)19-27(52)17-25)62-36(70)21-66-44-40(43(64-66)50(58,59)60)31-11-12-32(31)49(44,56)57/h7-10,13-17,19,31-34H,11-12,18,20-22H2,1-6H3,(H,62,70)(H,63,69)(H,72,73)(H,74,75)/b14-13+,24-15?/t31-,32+,33-,34-/m0/s1. The first-order chi connectivity index (χ1) is 37.2. The van der Waals surface area contributed by atoms with Crippen molar-refractivity contribution >= 4 is 72.3 Å². The predicted molar refractivity (Wildman–Crippen MR) is 267 cm³/mol. The Morgan fingerprint density at radius 3 is 2.05 bits per heavy atom. The second-order valence-corrected chi connectivity index (χ2v) is 24.4. The fourth-order valence-electron chi connectivity index (χ4n) is 9.60. The average Bonchev–Trinajstić information content (AvgIpc) is 4.02. The highest BCUT2D eigenvalue weighted by molar-refractivity contribution is 7.93. The first kappa shape index (κ1) is 60.9. The van der Waals surface area contributed by atoms with Crippen LogP contribution >= 0.6 is 0 Å². The van der Waals surface area contributed by atoms with E-state index in [1.165, 1.54) is 58.0 Å². The summed E-state index contributed by atoms with van der Waals surface area (Å²) < 4.78 is 201. The normalized spacial score (nSPS) is 17.3. The van der Waals surface area contributed by atoms with E-state index in [0.717, 1.165) is 18.4 Å². The maximum atomic E-state index is 15.9. The van der Waals surface area contributed by atoms with Gasteiger partial charge in [-0.1, -0.05) is 23.8 Å². The molecule has 5 aromatic rings. The van der Waals surface area contributed by atoms with Crippen molar-refractivity contribution < 1.29 is 94.9 Å². The molecule has 0 unspecified atom stereocenters. The highest BCUT2D eigenvalue weighted by Crippen LogP contribution is 2.64. The molecule has 19 nitrogen and oxygen atoms in total. The van der Waals surface area contributed by atoms with Crippen LogP contribution in [-0.2, 0) is 75.4 Å². The molecule has 1 saturated carbocycles. The minimum absolute atomic E-state index is 0.0390. The monoisotopic (exact) mass is 1190 g/mol. The molecule has 31 heteroatoms. The van der Waals surface area contributed by atoms with E-state index in [4.69, 9.17) is 5.11 Å². The van der Waals surface area contributed by atoms with E-state index in [1.54, 1.807) is 5.32 Å². The number of sulfonamides is 1. The number of carboxylic acids is 2. The summed E-state index contributed by atoms with van der Waals surface area (Å²) in [5.41, 5.74) is -5.80. The number of aromatic nitrogens is 5. The number of aryl methyl sites for hydroxylation is 1. The first-order valence-corrected chi connectivity index (χ1v) is 27.7. The molecule has 81 heavy (non-hydrogen) atoms. The lowest BCUT2D eigenvalue weighted by Gasteiger charge is -2.34. The van der Waals surface area contributed by atoms with Crippen LogP contribution in [0.3, 0.4) is 0 Å². The molecule has 3 heterocycles. The number of benzene rings is 2. The zero-order valence-corrected chi connectivity index (χ0v) is 44.8. The number of nitrogens with zero attached hydrogens (tertiary/aromatic N) is 6. The molecule has 4 N–H and O–H groups in total. The topological polar surface area (TPSA) is 270 Å². The Labute approximate surface area is 453 Å². The van der Waals surface area contributed by atoms with Gasteiger partial charge in [0.2, 0.25) is 21.8 Å². The van der Waals surface area contributed by atoms with Gasteiger partial charge in [0, 0.05) is 52.5 Å². The molecule has 0 spiro atoms. The predicted octanol–water partition coefficient (Wildman–Crippen LogP) is 7.28. The molecule has 4 atom stereocenters. The van der Waals surface area contributed by atoms with E-state index in [9.17, 15) is 81.0 Å². The number of anilines is 1. The number of aliphatic carboxylic acids is 2. The van der Waals surface area contributed by atoms with Crippen LogP contribution in [0.1, 0.15) is 91.5 Å². The second-order valence-electron chi connectivity index (χ2n) is 20.0. The van der Waals surface area contributed by atoms with E-state index in [0.29, 0.717) is 18.4 Å². The molecule has 436 valence electrons. The Kier molecular flexibility index (Phi) is 16.3. The largest absolute Gasteiger partial charge is 0.481 e. The van der Waals surface area contributed by atoms with E-state index in [2.05, 4.69) is 20.5 Å². The number of hydrogen-bond donors (Lipinski definition) is 4. The molecule has 0 bridgehead atoms. The molecule has 3 aromatic heterocycles. The molecule has 0 radical (unpaired) electrons. The van der Waals surface area contributed by atoms with Crippen LogP contribution in [0.25, 0.3) is 28.1 Å².